The van der Waals surface area contributed by atoms with Crippen LogP contribution < -0.4 is 10.4 Å². The van der Waals surface area contributed by atoms with Crippen molar-refractivity contribution >= 4 is 18.4 Å². The molecule has 2 unspecified atom stereocenters. The van der Waals surface area contributed by atoms with E-state index >= 15 is 0 Å². The Morgan fingerprint density at radius 3 is 1.89 bits per heavy atom. The summed E-state index contributed by atoms with van der Waals surface area (Å²) < 4.78 is 1.90. The van der Waals surface area contributed by atoms with Crippen LogP contribution in [0, 0.1) is 0 Å². The molecule has 0 N–H and O–H groups in total. The first-order chi connectivity index (χ1) is 16.7. The van der Waals surface area contributed by atoms with Crippen LogP contribution in [0.1, 0.15) is 84.8 Å². The van der Waals surface area contributed by atoms with Gasteiger partial charge in [-0.2, -0.15) is 0 Å². The zero-order chi connectivity index (χ0) is 25.4. The second-order valence-corrected chi connectivity index (χ2v) is 20.1. The maximum absolute atomic E-state index is 2.73. The predicted octanol–water partition coefficient (Wildman–Crippen LogP) is 8.81. The summed E-state index contributed by atoms with van der Waals surface area (Å²) in [6.07, 6.45) is 9.26. The molecule has 0 bridgehead atoms. The molecule has 0 aromatic heterocycles. The second kappa shape index (κ2) is 10.7. The third-order valence-corrected chi connectivity index (χ3v) is 19.6. The van der Waals surface area contributed by atoms with Crippen LogP contribution in [-0.2, 0) is 30.7 Å². The minimum atomic E-state index is -2.28. The molecule has 35 heavy (non-hydrogen) atoms. The molecular weight excluding hydrogens is 472 g/mol. The molecule has 0 amide bonds. The van der Waals surface area contributed by atoms with Crippen molar-refractivity contribution in [2.75, 3.05) is 0 Å². The second-order valence-electron chi connectivity index (χ2n) is 11.6. The molecule has 0 heterocycles. The van der Waals surface area contributed by atoms with Gasteiger partial charge in [-0.25, -0.2) is 0 Å². The number of rotatable bonds is 7. The number of hydrogen-bond donors (Lipinski definition) is 0. The molecule has 2 aromatic carbocycles. The van der Waals surface area contributed by atoms with Gasteiger partial charge in [-0.3, -0.25) is 0 Å². The summed E-state index contributed by atoms with van der Waals surface area (Å²) in [5.41, 5.74) is 8.81. The van der Waals surface area contributed by atoms with E-state index in [0.29, 0.717) is 0 Å². The van der Waals surface area contributed by atoms with Gasteiger partial charge in [0.25, 0.3) is 0 Å². The van der Waals surface area contributed by atoms with Crippen molar-refractivity contribution in [3.8, 4) is 0 Å². The van der Waals surface area contributed by atoms with Crippen LogP contribution in [0.2, 0.25) is 21.0 Å². The summed E-state index contributed by atoms with van der Waals surface area (Å²) in [5, 5.41) is 8.82. The SMILES string of the molecule is CCc1cc(CC)cc([Si](c2ccccc2)(C2CCCCC2)C2(C)C(C)=C(C)C(C)=[C]2[Ti]([CH3])[CH3])c1. The normalized spacial score (nSPS) is 23.1. The van der Waals surface area contributed by atoms with Gasteiger partial charge >= 0.3 is 224 Å². The molecule has 1 fully saturated rings. The average Bonchev–Trinajstić information content (AvgIpc) is 3.05. The Labute approximate surface area is 223 Å². The van der Waals surface area contributed by atoms with Crippen LogP contribution >= 0.6 is 0 Å². The van der Waals surface area contributed by atoms with Gasteiger partial charge in [0.15, 0.2) is 0 Å². The Balaban J connectivity index is 2.20. The molecule has 2 atom stereocenters. The van der Waals surface area contributed by atoms with Crippen molar-refractivity contribution in [3.63, 3.8) is 0 Å². The van der Waals surface area contributed by atoms with Crippen molar-refractivity contribution in [3.05, 3.63) is 80.3 Å². The molecule has 1 saturated carbocycles. The van der Waals surface area contributed by atoms with Crippen LogP contribution in [0.25, 0.3) is 0 Å². The number of benzene rings is 2. The molecule has 0 spiro atoms. The van der Waals surface area contributed by atoms with Crippen LogP contribution in [0.15, 0.2) is 69.1 Å². The van der Waals surface area contributed by atoms with E-state index in [9.17, 15) is 0 Å². The van der Waals surface area contributed by atoms with E-state index in [1.54, 1.807) is 27.1 Å². The summed E-state index contributed by atoms with van der Waals surface area (Å²) in [6.45, 7) is 14.8. The summed E-state index contributed by atoms with van der Waals surface area (Å²) in [6, 6.07) is 19.8. The van der Waals surface area contributed by atoms with Gasteiger partial charge in [-0.05, 0) is 0 Å². The molecule has 2 heteroatoms. The Kier molecular flexibility index (Phi) is 8.21. The van der Waals surface area contributed by atoms with E-state index in [1.165, 1.54) is 43.2 Å². The molecule has 0 aliphatic heterocycles. The summed E-state index contributed by atoms with van der Waals surface area (Å²) >= 11 is -1.37. The van der Waals surface area contributed by atoms with Gasteiger partial charge in [-0.1, -0.05) is 0 Å². The fourth-order valence-electron chi connectivity index (χ4n) is 8.03. The van der Waals surface area contributed by atoms with Crippen LogP contribution in [-0.4, -0.2) is 8.07 Å². The van der Waals surface area contributed by atoms with Crippen LogP contribution in [0.4, 0.5) is 0 Å². The summed E-state index contributed by atoms with van der Waals surface area (Å²) in [5.74, 6) is 0. The fraction of sp³-hybridized carbons (Fsp3) is 0.515. The quantitative estimate of drug-likeness (QED) is 0.321. The monoisotopic (exact) mass is 519 g/mol. The van der Waals surface area contributed by atoms with E-state index in [1.807, 2.05) is 3.88 Å². The fourth-order valence-corrected chi connectivity index (χ4v) is 20.7. The average molecular weight is 520 g/mol. The van der Waals surface area contributed by atoms with Gasteiger partial charge in [0.2, 0.25) is 0 Å². The van der Waals surface area contributed by atoms with Crippen molar-refractivity contribution in [1.82, 2.24) is 0 Å². The number of hydrogen-bond acceptors (Lipinski definition) is 0. The van der Waals surface area contributed by atoms with Crippen LogP contribution in [0.5, 0.6) is 0 Å². The van der Waals surface area contributed by atoms with Crippen molar-refractivity contribution < 1.29 is 17.9 Å². The summed E-state index contributed by atoms with van der Waals surface area (Å²) in [7, 11) is -2.28. The third-order valence-electron chi connectivity index (χ3n) is 9.81. The predicted molar refractivity (Wildman–Crippen MR) is 155 cm³/mol. The molecule has 2 aromatic rings. The van der Waals surface area contributed by atoms with Crippen LogP contribution in [0.3, 0.4) is 0 Å². The first kappa shape index (κ1) is 26.9. The first-order valence-corrected chi connectivity index (χ1v) is 20.1. The Morgan fingerprint density at radius 2 is 1.37 bits per heavy atom. The Morgan fingerprint density at radius 1 is 0.800 bits per heavy atom. The van der Waals surface area contributed by atoms with E-state index in [4.69, 9.17) is 0 Å². The van der Waals surface area contributed by atoms with Gasteiger partial charge in [0.05, 0.1) is 0 Å². The maximum atomic E-state index is 2.73. The molecule has 0 saturated heterocycles. The molecule has 2 aliphatic rings. The number of aryl methyl sites for hydroxylation is 2. The topological polar surface area (TPSA) is 0 Å². The van der Waals surface area contributed by atoms with E-state index in [-0.39, 0.29) is 5.04 Å². The summed E-state index contributed by atoms with van der Waals surface area (Å²) in [4.78, 5) is 0. The zero-order valence-corrected chi connectivity index (χ0v) is 26.2. The van der Waals surface area contributed by atoms with Crippen molar-refractivity contribution in [2.24, 2.45) is 0 Å². The molecule has 4 rings (SSSR count). The van der Waals surface area contributed by atoms with Gasteiger partial charge in [0, 0.05) is 0 Å². The Bertz CT molecular complexity index is 1100. The zero-order valence-electron chi connectivity index (χ0n) is 23.6. The Hall–Kier alpha value is -1.15. The number of allylic oxidation sites excluding steroid dienone is 4. The van der Waals surface area contributed by atoms with Gasteiger partial charge in [-0.15, -0.1) is 0 Å². The van der Waals surface area contributed by atoms with Crippen molar-refractivity contribution in [1.29, 1.82) is 0 Å². The van der Waals surface area contributed by atoms with Gasteiger partial charge in [0.1, 0.15) is 0 Å². The molecular formula is C33H47SiTi. The first-order valence-electron chi connectivity index (χ1n) is 14.1. The molecule has 2 aliphatic carbocycles. The third kappa shape index (κ3) is 4.24. The molecule has 0 nitrogen and oxygen atoms in total. The van der Waals surface area contributed by atoms with Gasteiger partial charge < -0.3 is 0 Å². The molecule has 187 valence electrons. The van der Waals surface area contributed by atoms with Crippen molar-refractivity contribution in [2.45, 2.75) is 108 Å². The van der Waals surface area contributed by atoms with E-state index < -0.39 is 25.9 Å². The van der Waals surface area contributed by atoms with E-state index in [0.717, 1.165) is 18.4 Å². The standard InChI is InChI=1S/C31H41Si.2CH3.Ti/c1-7-26-19-27(8-2)21-30(20-26)32(28-15-11-9-12-16-28,29-17-13-10-14-18-29)31(6)22-23(3)24(4)25(31)5;;;/h9,11-12,15-16,19-21,29H,7-8,10,13-14,17-18H2,1-6H3;2*1H3;. The molecule has 0 radical (unpaired) electrons. The van der Waals surface area contributed by atoms with E-state index in [2.05, 4.69) is 101 Å². The minimum absolute atomic E-state index is 0.167.